The van der Waals surface area contributed by atoms with Gasteiger partial charge in [0.25, 0.3) is 5.69 Å². The van der Waals surface area contributed by atoms with Crippen LogP contribution in [0.4, 0.5) is 5.69 Å². The van der Waals surface area contributed by atoms with Crippen LogP contribution in [0.5, 0.6) is 0 Å². The lowest BCUT2D eigenvalue weighted by molar-refractivity contribution is -0.385. The van der Waals surface area contributed by atoms with Gasteiger partial charge in [-0.3, -0.25) is 14.9 Å². The number of nitro benzene ring substituents is 1. The second-order valence-electron chi connectivity index (χ2n) is 3.75. The van der Waals surface area contributed by atoms with Crippen molar-refractivity contribution in [2.75, 3.05) is 6.26 Å². The predicted molar refractivity (Wildman–Crippen MR) is 67.5 cm³/mol. The molecule has 0 aliphatic rings. The highest BCUT2D eigenvalue weighted by Gasteiger charge is 2.17. The summed E-state index contributed by atoms with van der Waals surface area (Å²) in [5.74, 6) is -1.06. The number of carboxylic acids is 1. The molecule has 0 aliphatic heterocycles. The van der Waals surface area contributed by atoms with E-state index in [2.05, 4.69) is 0 Å². The summed E-state index contributed by atoms with van der Waals surface area (Å²) in [6.45, 7) is 0. The maximum Gasteiger partial charge on any atom is 0.307 e. The number of benzene rings is 1. The molecule has 0 atom stereocenters. The number of sulfone groups is 1. The molecule has 0 aliphatic carbocycles. The van der Waals surface area contributed by atoms with Gasteiger partial charge in [-0.25, -0.2) is 8.42 Å². The van der Waals surface area contributed by atoms with Crippen molar-refractivity contribution in [3.63, 3.8) is 0 Å². The zero-order valence-electron chi connectivity index (χ0n) is 9.94. The Hall–Kier alpha value is -2.22. The van der Waals surface area contributed by atoms with E-state index in [0.29, 0.717) is 0 Å². The molecule has 1 N–H and O–H groups in total. The van der Waals surface area contributed by atoms with Gasteiger partial charge in [-0.05, 0) is 12.1 Å². The Morgan fingerprint density at radius 2 is 2.11 bits per heavy atom. The van der Waals surface area contributed by atoms with Crippen molar-refractivity contribution in [1.29, 1.82) is 0 Å². The second kappa shape index (κ2) is 5.61. The molecule has 102 valence electrons. The second-order valence-corrected chi connectivity index (χ2v) is 5.77. The van der Waals surface area contributed by atoms with E-state index in [-0.39, 0.29) is 22.6 Å². The van der Waals surface area contributed by atoms with Gasteiger partial charge < -0.3 is 5.11 Å². The summed E-state index contributed by atoms with van der Waals surface area (Å²) in [7, 11) is -3.53. The standard InChI is InChI=1S/C11H11NO6S/c1-19(17,18)9-6-5-8(3-2-4-11(13)14)10(7-9)12(15)16/h2-3,5-7H,4H2,1H3,(H,13,14). The highest BCUT2D eigenvalue weighted by Crippen LogP contribution is 2.24. The lowest BCUT2D eigenvalue weighted by Gasteiger charge is -2.01. The fraction of sp³-hybridized carbons (Fsp3) is 0.182. The lowest BCUT2D eigenvalue weighted by Crippen LogP contribution is -2.00. The van der Waals surface area contributed by atoms with Gasteiger partial charge in [0.2, 0.25) is 0 Å². The van der Waals surface area contributed by atoms with E-state index in [1.807, 2.05) is 0 Å². The Morgan fingerprint density at radius 1 is 1.47 bits per heavy atom. The van der Waals surface area contributed by atoms with Crippen molar-refractivity contribution in [2.45, 2.75) is 11.3 Å². The molecular weight excluding hydrogens is 274 g/mol. The zero-order chi connectivity index (χ0) is 14.6. The molecule has 19 heavy (non-hydrogen) atoms. The van der Waals surface area contributed by atoms with E-state index in [0.717, 1.165) is 12.3 Å². The summed E-state index contributed by atoms with van der Waals surface area (Å²) in [5, 5.41) is 19.3. The number of hydrogen-bond acceptors (Lipinski definition) is 5. The van der Waals surface area contributed by atoms with Crippen LogP contribution in [0.15, 0.2) is 29.2 Å². The van der Waals surface area contributed by atoms with E-state index in [4.69, 9.17) is 5.11 Å². The minimum Gasteiger partial charge on any atom is -0.481 e. The van der Waals surface area contributed by atoms with Gasteiger partial charge in [0.05, 0.1) is 21.8 Å². The molecule has 0 saturated heterocycles. The summed E-state index contributed by atoms with van der Waals surface area (Å²) < 4.78 is 22.6. The fourth-order valence-electron chi connectivity index (χ4n) is 1.34. The molecule has 0 fully saturated rings. The van der Waals surface area contributed by atoms with Crippen LogP contribution in [0.1, 0.15) is 12.0 Å². The van der Waals surface area contributed by atoms with Gasteiger partial charge in [0.1, 0.15) is 0 Å². The average Bonchev–Trinajstić information content (AvgIpc) is 2.27. The predicted octanol–water partition coefficient (Wildman–Crippen LogP) is 1.49. The van der Waals surface area contributed by atoms with E-state index in [1.54, 1.807) is 0 Å². The third-order valence-corrected chi connectivity index (χ3v) is 3.33. The molecule has 0 unspecified atom stereocenters. The van der Waals surface area contributed by atoms with Gasteiger partial charge in [-0.1, -0.05) is 12.2 Å². The lowest BCUT2D eigenvalue weighted by atomic mass is 10.1. The molecule has 0 heterocycles. The SMILES string of the molecule is CS(=O)(=O)c1ccc(C=CCC(=O)O)c([N+](=O)[O-])c1. The molecule has 1 aromatic rings. The highest BCUT2D eigenvalue weighted by molar-refractivity contribution is 7.90. The number of nitro groups is 1. The maximum atomic E-state index is 11.3. The van der Waals surface area contributed by atoms with Crippen LogP contribution in [0.25, 0.3) is 6.08 Å². The third-order valence-electron chi connectivity index (χ3n) is 2.22. The maximum absolute atomic E-state index is 11.3. The number of rotatable bonds is 5. The molecule has 0 spiro atoms. The highest BCUT2D eigenvalue weighted by atomic mass is 32.2. The van der Waals surface area contributed by atoms with Crippen molar-refractivity contribution in [2.24, 2.45) is 0 Å². The van der Waals surface area contributed by atoms with Gasteiger partial charge in [0, 0.05) is 12.3 Å². The number of aliphatic carboxylic acids is 1. The zero-order valence-corrected chi connectivity index (χ0v) is 10.8. The Labute approximate surface area is 109 Å². The minimum absolute atomic E-state index is 0.152. The molecule has 0 bridgehead atoms. The van der Waals surface area contributed by atoms with Crippen LogP contribution in [0.2, 0.25) is 0 Å². The van der Waals surface area contributed by atoms with E-state index in [1.165, 1.54) is 24.3 Å². The molecule has 0 saturated carbocycles. The fourth-order valence-corrected chi connectivity index (χ4v) is 1.98. The van der Waals surface area contributed by atoms with Gasteiger partial charge in [-0.2, -0.15) is 0 Å². The first kappa shape index (κ1) is 14.8. The summed E-state index contributed by atoms with van der Waals surface area (Å²) in [4.78, 5) is 20.3. The van der Waals surface area contributed by atoms with Crippen molar-refractivity contribution < 1.29 is 23.2 Å². The molecular formula is C11H11NO6S. The first-order valence-electron chi connectivity index (χ1n) is 5.08. The van der Waals surface area contributed by atoms with E-state index in [9.17, 15) is 23.3 Å². The molecule has 1 rings (SSSR count). The Balaban J connectivity index is 3.23. The van der Waals surface area contributed by atoms with Crippen molar-refractivity contribution in [3.8, 4) is 0 Å². The van der Waals surface area contributed by atoms with Crippen molar-refractivity contribution >= 4 is 27.6 Å². The number of carbonyl (C=O) groups is 1. The summed E-state index contributed by atoms with van der Waals surface area (Å²) >= 11 is 0. The Bertz CT molecular complexity index is 647. The Kier molecular flexibility index (Phi) is 4.38. The normalized spacial score (nSPS) is 11.6. The minimum atomic E-state index is -3.53. The first-order chi connectivity index (χ1) is 8.71. The largest absolute Gasteiger partial charge is 0.481 e. The van der Waals surface area contributed by atoms with Crippen LogP contribution < -0.4 is 0 Å². The van der Waals surface area contributed by atoms with Crippen molar-refractivity contribution in [3.05, 3.63) is 40.0 Å². The third kappa shape index (κ3) is 4.18. The molecule has 0 radical (unpaired) electrons. The smallest absolute Gasteiger partial charge is 0.307 e. The Morgan fingerprint density at radius 3 is 2.58 bits per heavy atom. The number of carboxylic acid groups (broad SMARTS) is 1. The first-order valence-corrected chi connectivity index (χ1v) is 6.98. The van der Waals surface area contributed by atoms with E-state index >= 15 is 0 Å². The van der Waals surface area contributed by atoms with Gasteiger partial charge in [-0.15, -0.1) is 0 Å². The van der Waals surface area contributed by atoms with E-state index < -0.39 is 20.7 Å². The van der Waals surface area contributed by atoms with Gasteiger partial charge in [0.15, 0.2) is 9.84 Å². The van der Waals surface area contributed by atoms with Crippen LogP contribution in [-0.2, 0) is 14.6 Å². The molecule has 7 nitrogen and oxygen atoms in total. The quantitative estimate of drug-likeness (QED) is 0.647. The molecule has 8 heteroatoms. The van der Waals surface area contributed by atoms with Crippen LogP contribution in [0, 0.1) is 10.1 Å². The summed E-state index contributed by atoms with van der Waals surface area (Å²) in [5.41, 5.74) is -0.233. The van der Waals surface area contributed by atoms with Crippen molar-refractivity contribution in [1.82, 2.24) is 0 Å². The number of nitrogens with zero attached hydrogens (tertiary/aromatic N) is 1. The van der Waals surface area contributed by atoms with Crippen LogP contribution >= 0.6 is 0 Å². The molecule has 1 aromatic carbocycles. The average molecular weight is 285 g/mol. The topological polar surface area (TPSA) is 115 Å². The summed E-state index contributed by atoms with van der Waals surface area (Å²) in [6, 6.07) is 3.46. The molecule has 0 aromatic heterocycles. The summed E-state index contributed by atoms with van der Waals surface area (Å²) in [6.07, 6.45) is 3.21. The number of hydrogen-bond donors (Lipinski definition) is 1. The van der Waals surface area contributed by atoms with Gasteiger partial charge >= 0.3 is 5.97 Å². The monoisotopic (exact) mass is 285 g/mol. The van der Waals surface area contributed by atoms with Crippen LogP contribution in [-0.4, -0.2) is 30.7 Å². The van der Waals surface area contributed by atoms with Crippen LogP contribution in [0.3, 0.4) is 0 Å². The molecule has 0 amide bonds.